The summed E-state index contributed by atoms with van der Waals surface area (Å²) in [5.74, 6) is -0.536. The van der Waals surface area contributed by atoms with Crippen LogP contribution in [0.2, 0.25) is 0 Å². The van der Waals surface area contributed by atoms with Crippen LogP contribution in [-0.2, 0) is 11.2 Å². The van der Waals surface area contributed by atoms with Gasteiger partial charge in [0.05, 0.1) is 6.42 Å². The van der Waals surface area contributed by atoms with Gasteiger partial charge in [0.1, 0.15) is 0 Å². The number of phenolic OH excluding ortho intramolecular Hbond substituents is 1. The number of likely N-dealkylation sites (N-methyl/N-ethyl adjacent to an activating group) is 1. The number of likely N-dealkylation sites (tertiary alicyclic amines) is 1. The van der Waals surface area contributed by atoms with E-state index in [0.29, 0.717) is 17.5 Å². The van der Waals surface area contributed by atoms with Gasteiger partial charge in [-0.2, -0.15) is 0 Å². The number of amides is 1. The van der Waals surface area contributed by atoms with Crippen molar-refractivity contribution in [3.63, 3.8) is 0 Å². The van der Waals surface area contributed by atoms with Gasteiger partial charge in [0, 0.05) is 19.1 Å². The van der Waals surface area contributed by atoms with Crippen LogP contribution in [0.5, 0.6) is 5.75 Å². The first-order valence-corrected chi connectivity index (χ1v) is 7.84. The van der Waals surface area contributed by atoms with Gasteiger partial charge in [-0.3, -0.25) is 4.79 Å². The third kappa shape index (κ3) is 3.77. The van der Waals surface area contributed by atoms with E-state index in [0.717, 1.165) is 25.9 Å². The minimum atomic E-state index is -0.679. The fourth-order valence-electron chi connectivity index (χ4n) is 3.24. The summed E-state index contributed by atoms with van der Waals surface area (Å²) in [7, 11) is 4.10. The van der Waals surface area contributed by atoms with E-state index >= 15 is 0 Å². The van der Waals surface area contributed by atoms with E-state index in [2.05, 4.69) is 25.9 Å². The predicted octanol–water partition coefficient (Wildman–Crippen LogP) is 2.26. The van der Waals surface area contributed by atoms with Crippen molar-refractivity contribution in [2.24, 2.45) is 5.92 Å². The zero-order valence-electron chi connectivity index (χ0n) is 13.6. The van der Waals surface area contributed by atoms with Crippen molar-refractivity contribution in [3.8, 4) is 5.75 Å². The average molecular weight is 308 g/mol. The number of carbonyl (C=O) groups is 1. The van der Waals surface area contributed by atoms with Gasteiger partial charge < -0.3 is 14.9 Å². The molecule has 1 heterocycles. The molecule has 2 rings (SSSR count). The van der Waals surface area contributed by atoms with E-state index in [-0.39, 0.29) is 18.1 Å². The smallest absolute Gasteiger partial charge is 0.227 e. The molecule has 1 fully saturated rings. The summed E-state index contributed by atoms with van der Waals surface area (Å²) in [4.78, 5) is 16.5. The van der Waals surface area contributed by atoms with Crippen LogP contribution in [0.1, 0.15) is 25.3 Å². The molecule has 0 saturated carbocycles. The van der Waals surface area contributed by atoms with Gasteiger partial charge in [-0.1, -0.05) is 19.4 Å². The number of nitrogens with zero attached hydrogens (tertiary/aromatic N) is 2. The van der Waals surface area contributed by atoms with Crippen molar-refractivity contribution in [1.29, 1.82) is 0 Å². The lowest BCUT2D eigenvalue weighted by atomic mass is 9.98. The van der Waals surface area contributed by atoms with Gasteiger partial charge in [0.25, 0.3) is 0 Å². The number of hydrogen-bond donors (Lipinski definition) is 1. The first-order chi connectivity index (χ1) is 10.4. The Labute approximate surface area is 131 Å². The van der Waals surface area contributed by atoms with Crippen LogP contribution in [0, 0.1) is 11.7 Å². The van der Waals surface area contributed by atoms with Crippen LogP contribution in [0.25, 0.3) is 0 Å². The third-order valence-electron chi connectivity index (χ3n) is 4.45. The molecule has 1 N–H and O–H groups in total. The molecule has 2 unspecified atom stereocenters. The summed E-state index contributed by atoms with van der Waals surface area (Å²) in [6.07, 6.45) is 2.40. The molecule has 1 amide bonds. The number of halogens is 1. The maximum Gasteiger partial charge on any atom is 0.227 e. The number of hydrogen-bond acceptors (Lipinski definition) is 3. The largest absolute Gasteiger partial charge is 0.505 e. The molecule has 4 nitrogen and oxygen atoms in total. The second-order valence-electron chi connectivity index (χ2n) is 6.34. The summed E-state index contributed by atoms with van der Waals surface area (Å²) in [5.41, 5.74) is 0.598. The maximum absolute atomic E-state index is 13.4. The minimum Gasteiger partial charge on any atom is -0.505 e. The number of benzene rings is 1. The molecule has 2 atom stereocenters. The van der Waals surface area contributed by atoms with Gasteiger partial charge in [-0.05, 0) is 44.1 Å². The maximum atomic E-state index is 13.4. The van der Waals surface area contributed by atoms with Crippen molar-refractivity contribution in [2.75, 3.05) is 27.2 Å². The van der Waals surface area contributed by atoms with E-state index in [1.807, 2.05) is 4.90 Å². The van der Waals surface area contributed by atoms with Crippen molar-refractivity contribution < 1.29 is 14.3 Å². The van der Waals surface area contributed by atoms with Crippen molar-refractivity contribution in [2.45, 2.75) is 32.2 Å². The van der Waals surface area contributed by atoms with Gasteiger partial charge in [-0.25, -0.2) is 4.39 Å². The first kappa shape index (κ1) is 16.7. The summed E-state index contributed by atoms with van der Waals surface area (Å²) in [5, 5.41) is 9.20. The lowest BCUT2D eigenvalue weighted by Gasteiger charge is -2.24. The predicted molar refractivity (Wildman–Crippen MR) is 84.2 cm³/mol. The number of aromatic hydroxyl groups is 1. The van der Waals surface area contributed by atoms with Gasteiger partial charge in [-0.15, -0.1) is 0 Å². The molecule has 0 aromatic heterocycles. The summed E-state index contributed by atoms with van der Waals surface area (Å²) >= 11 is 0. The zero-order valence-corrected chi connectivity index (χ0v) is 13.6. The Hall–Kier alpha value is -1.62. The molecule has 1 aromatic rings. The van der Waals surface area contributed by atoms with Crippen LogP contribution >= 0.6 is 0 Å². The Bertz CT molecular complexity index is 533. The summed E-state index contributed by atoms with van der Waals surface area (Å²) < 4.78 is 13.4. The second kappa shape index (κ2) is 7.09. The van der Waals surface area contributed by atoms with E-state index < -0.39 is 5.82 Å². The van der Waals surface area contributed by atoms with E-state index in [4.69, 9.17) is 0 Å². The van der Waals surface area contributed by atoms with Crippen LogP contribution in [0.3, 0.4) is 0 Å². The van der Waals surface area contributed by atoms with Gasteiger partial charge in [0.15, 0.2) is 11.6 Å². The van der Waals surface area contributed by atoms with E-state index in [1.54, 1.807) is 6.07 Å². The monoisotopic (exact) mass is 308 g/mol. The SMILES string of the molecule is CCCC1CN(C(=O)Cc2ccc(O)c(F)c2)CC1N(C)C. The standard InChI is InChI=1S/C17H25FN2O2/c1-4-5-13-10-20(11-15(13)19(2)3)17(22)9-12-6-7-16(21)14(18)8-12/h6-8,13,15,21H,4-5,9-11H2,1-3H3. The highest BCUT2D eigenvalue weighted by Gasteiger charge is 2.35. The molecule has 0 radical (unpaired) electrons. The highest BCUT2D eigenvalue weighted by atomic mass is 19.1. The van der Waals surface area contributed by atoms with Gasteiger partial charge in [0.2, 0.25) is 5.91 Å². The summed E-state index contributed by atoms with van der Waals surface area (Å²) in [6.45, 7) is 3.67. The van der Waals surface area contributed by atoms with Crippen molar-refractivity contribution in [3.05, 3.63) is 29.6 Å². The second-order valence-corrected chi connectivity index (χ2v) is 6.34. The zero-order chi connectivity index (χ0) is 16.3. The molecule has 1 saturated heterocycles. The fourth-order valence-corrected chi connectivity index (χ4v) is 3.24. The lowest BCUT2D eigenvalue weighted by molar-refractivity contribution is -0.129. The van der Waals surface area contributed by atoms with E-state index in [1.165, 1.54) is 12.1 Å². The molecule has 122 valence electrons. The molecule has 1 aromatic carbocycles. The average Bonchev–Trinajstić information content (AvgIpc) is 2.88. The van der Waals surface area contributed by atoms with Crippen molar-refractivity contribution >= 4 is 5.91 Å². The quantitative estimate of drug-likeness (QED) is 0.907. The number of carbonyl (C=O) groups excluding carboxylic acids is 1. The van der Waals surface area contributed by atoms with E-state index in [9.17, 15) is 14.3 Å². The first-order valence-electron chi connectivity index (χ1n) is 7.84. The Balaban J connectivity index is 2.02. The highest BCUT2D eigenvalue weighted by Crippen LogP contribution is 2.25. The Kier molecular flexibility index (Phi) is 5.40. The fraction of sp³-hybridized carbons (Fsp3) is 0.588. The van der Waals surface area contributed by atoms with Crippen molar-refractivity contribution in [1.82, 2.24) is 9.80 Å². The highest BCUT2D eigenvalue weighted by molar-refractivity contribution is 5.79. The molecule has 0 bridgehead atoms. The Morgan fingerprint density at radius 2 is 2.14 bits per heavy atom. The molecule has 1 aliphatic rings. The topological polar surface area (TPSA) is 43.8 Å². The molecule has 22 heavy (non-hydrogen) atoms. The Morgan fingerprint density at radius 1 is 1.41 bits per heavy atom. The molecule has 1 aliphatic heterocycles. The van der Waals surface area contributed by atoms with Crippen LogP contribution in [0.15, 0.2) is 18.2 Å². The minimum absolute atomic E-state index is 0.0237. The number of rotatable bonds is 5. The molecular formula is C17H25FN2O2. The molecule has 5 heteroatoms. The summed E-state index contributed by atoms with van der Waals surface area (Å²) in [6, 6.07) is 4.51. The van der Waals surface area contributed by atoms with Crippen LogP contribution in [-0.4, -0.2) is 54.0 Å². The van der Waals surface area contributed by atoms with Crippen LogP contribution < -0.4 is 0 Å². The normalized spacial score (nSPS) is 21.6. The molecule has 0 spiro atoms. The third-order valence-corrected chi connectivity index (χ3v) is 4.45. The molecular weight excluding hydrogens is 283 g/mol. The van der Waals surface area contributed by atoms with Crippen LogP contribution in [0.4, 0.5) is 4.39 Å². The Morgan fingerprint density at radius 3 is 2.73 bits per heavy atom. The van der Waals surface area contributed by atoms with Gasteiger partial charge >= 0.3 is 0 Å². The molecule has 0 aliphatic carbocycles. The lowest BCUT2D eigenvalue weighted by Crippen LogP contribution is -2.36. The number of phenols is 1.